The third-order valence-corrected chi connectivity index (χ3v) is 7.44. The van der Waals surface area contributed by atoms with Gasteiger partial charge in [-0.05, 0) is 24.5 Å². The number of hydrogen-bond acceptors (Lipinski definition) is 6. The summed E-state index contributed by atoms with van der Waals surface area (Å²) in [6.07, 6.45) is 2.05. The van der Waals surface area contributed by atoms with Crippen LogP contribution in [0.3, 0.4) is 0 Å². The zero-order valence-corrected chi connectivity index (χ0v) is 19.7. The summed E-state index contributed by atoms with van der Waals surface area (Å²) in [5.74, 6) is 0.281. The van der Waals surface area contributed by atoms with Crippen molar-refractivity contribution in [3.8, 4) is 0 Å². The van der Waals surface area contributed by atoms with Crippen molar-refractivity contribution in [1.82, 2.24) is 20.1 Å². The van der Waals surface area contributed by atoms with Gasteiger partial charge in [-0.15, -0.1) is 11.3 Å². The van der Waals surface area contributed by atoms with Crippen LogP contribution in [0.4, 0.5) is 0 Å². The maximum Gasteiger partial charge on any atom is 0.270 e. The quantitative estimate of drug-likeness (QED) is 0.665. The van der Waals surface area contributed by atoms with Crippen LogP contribution in [0.1, 0.15) is 39.8 Å². The Labute approximate surface area is 197 Å². The van der Waals surface area contributed by atoms with E-state index in [1.807, 2.05) is 34.5 Å². The van der Waals surface area contributed by atoms with Crippen molar-refractivity contribution in [2.75, 3.05) is 52.5 Å². The number of benzene rings is 1. The van der Waals surface area contributed by atoms with Gasteiger partial charge in [0.05, 0.1) is 24.6 Å². The van der Waals surface area contributed by atoms with E-state index in [0.717, 1.165) is 56.3 Å². The van der Waals surface area contributed by atoms with Crippen molar-refractivity contribution < 1.29 is 14.3 Å². The van der Waals surface area contributed by atoms with E-state index >= 15 is 0 Å². The van der Waals surface area contributed by atoms with E-state index in [-0.39, 0.29) is 11.8 Å². The van der Waals surface area contributed by atoms with Crippen molar-refractivity contribution in [3.63, 3.8) is 0 Å². The molecule has 2 saturated heterocycles. The molecule has 0 aliphatic carbocycles. The summed E-state index contributed by atoms with van der Waals surface area (Å²) in [6.45, 7) is 6.18. The molecule has 1 aromatic carbocycles. The molecule has 2 fully saturated rings. The minimum absolute atomic E-state index is 0.107. The van der Waals surface area contributed by atoms with Gasteiger partial charge < -0.3 is 15.0 Å². The number of nitrogens with one attached hydrogen (secondary N) is 1. The van der Waals surface area contributed by atoms with Crippen molar-refractivity contribution >= 4 is 34.8 Å². The first-order valence-corrected chi connectivity index (χ1v) is 12.4. The van der Waals surface area contributed by atoms with Crippen LogP contribution in [-0.4, -0.2) is 79.1 Å². The maximum atomic E-state index is 12.7. The summed E-state index contributed by atoms with van der Waals surface area (Å²) in [4.78, 5) is 33.9. The molecule has 0 atom stereocenters. The van der Waals surface area contributed by atoms with Crippen LogP contribution in [0.25, 0.3) is 0 Å². The predicted molar refractivity (Wildman–Crippen MR) is 125 cm³/mol. The maximum absolute atomic E-state index is 12.7. The van der Waals surface area contributed by atoms with Crippen molar-refractivity contribution in [1.29, 1.82) is 0 Å². The predicted octanol–water partition coefficient (Wildman–Crippen LogP) is 2.81. The molecular weight excluding hydrogens is 448 g/mol. The Morgan fingerprint density at radius 2 is 1.91 bits per heavy atom. The molecule has 9 heteroatoms. The molecule has 0 saturated carbocycles. The molecule has 2 aliphatic heterocycles. The summed E-state index contributed by atoms with van der Waals surface area (Å²) in [7, 11) is 0. The number of amides is 2. The van der Waals surface area contributed by atoms with Gasteiger partial charge in [-0.25, -0.2) is 4.98 Å². The molecule has 4 rings (SSSR count). The SMILES string of the molecule is O=C(NCCN1CCOCC1)c1csc(C2CCN(C(=O)Cc3ccccc3Cl)CC2)n1. The van der Waals surface area contributed by atoms with Gasteiger partial charge in [0.2, 0.25) is 5.91 Å². The second kappa shape index (κ2) is 11.2. The van der Waals surface area contributed by atoms with Gasteiger partial charge in [0.15, 0.2) is 0 Å². The zero-order valence-electron chi connectivity index (χ0n) is 18.1. The number of morpholine rings is 1. The Bertz CT molecular complexity index is 923. The summed E-state index contributed by atoms with van der Waals surface area (Å²) in [5.41, 5.74) is 1.36. The van der Waals surface area contributed by atoms with Gasteiger partial charge in [0, 0.05) is 55.6 Å². The minimum Gasteiger partial charge on any atom is -0.379 e. The lowest BCUT2D eigenvalue weighted by Gasteiger charge is -2.31. The number of halogens is 1. The molecule has 0 radical (unpaired) electrons. The minimum atomic E-state index is -0.117. The highest BCUT2D eigenvalue weighted by molar-refractivity contribution is 7.09. The molecule has 1 N–H and O–H groups in total. The smallest absolute Gasteiger partial charge is 0.270 e. The molecule has 2 aliphatic rings. The monoisotopic (exact) mass is 476 g/mol. The van der Waals surface area contributed by atoms with Crippen LogP contribution in [0, 0.1) is 0 Å². The third kappa shape index (κ3) is 6.07. The summed E-state index contributed by atoms with van der Waals surface area (Å²) in [6, 6.07) is 7.49. The first-order valence-electron chi connectivity index (χ1n) is 11.1. The van der Waals surface area contributed by atoms with Crippen LogP contribution < -0.4 is 5.32 Å². The Kier molecular flexibility index (Phi) is 8.13. The summed E-state index contributed by atoms with van der Waals surface area (Å²) < 4.78 is 5.34. The fourth-order valence-electron chi connectivity index (χ4n) is 4.11. The second-order valence-corrected chi connectivity index (χ2v) is 9.50. The molecule has 172 valence electrons. The molecule has 3 heterocycles. The van der Waals surface area contributed by atoms with Crippen molar-refractivity contribution in [2.45, 2.75) is 25.2 Å². The normalized spacial score (nSPS) is 18.0. The van der Waals surface area contributed by atoms with Crippen LogP contribution >= 0.6 is 22.9 Å². The number of rotatable bonds is 7. The number of aromatic nitrogens is 1. The molecule has 2 aromatic rings. The van der Waals surface area contributed by atoms with Gasteiger partial charge in [0.1, 0.15) is 5.69 Å². The standard InChI is InChI=1S/C23H29ClN4O3S/c24-19-4-2-1-3-18(19)15-21(29)28-8-5-17(6-9-28)23-26-20(16-32-23)22(30)25-7-10-27-11-13-31-14-12-27/h1-4,16-17H,5-15H2,(H,25,30). The Morgan fingerprint density at radius 1 is 1.16 bits per heavy atom. The molecule has 1 aromatic heterocycles. The Morgan fingerprint density at radius 3 is 2.66 bits per heavy atom. The van der Waals surface area contributed by atoms with E-state index in [1.165, 1.54) is 0 Å². The van der Waals surface area contributed by atoms with E-state index in [2.05, 4.69) is 15.2 Å². The fourth-order valence-corrected chi connectivity index (χ4v) is 5.29. The van der Waals surface area contributed by atoms with Crippen LogP contribution in [0.15, 0.2) is 29.6 Å². The highest BCUT2D eigenvalue weighted by Crippen LogP contribution is 2.30. The van der Waals surface area contributed by atoms with Crippen LogP contribution in [0.2, 0.25) is 5.02 Å². The molecule has 0 spiro atoms. The molecule has 2 amide bonds. The van der Waals surface area contributed by atoms with E-state index in [0.29, 0.717) is 42.7 Å². The second-order valence-electron chi connectivity index (χ2n) is 8.20. The largest absolute Gasteiger partial charge is 0.379 e. The molecular formula is C23H29ClN4O3S. The van der Waals surface area contributed by atoms with Crippen molar-refractivity contribution in [2.24, 2.45) is 0 Å². The molecule has 0 bridgehead atoms. The Balaban J connectivity index is 1.22. The first-order chi connectivity index (χ1) is 15.6. The molecule has 7 nitrogen and oxygen atoms in total. The van der Waals surface area contributed by atoms with Gasteiger partial charge in [0.25, 0.3) is 5.91 Å². The number of likely N-dealkylation sites (tertiary alicyclic amines) is 1. The number of thiazole rings is 1. The Hall–Kier alpha value is -2.00. The van der Waals surface area contributed by atoms with E-state index < -0.39 is 0 Å². The average Bonchev–Trinajstić information content (AvgIpc) is 3.32. The number of piperidine rings is 1. The van der Waals surface area contributed by atoms with Gasteiger partial charge in [-0.2, -0.15) is 0 Å². The van der Waals surface area contributed by atoms with Crippen molar-refractivity contribution in [3.05, 3.63) is 50.9 Å². The lowest BCUT2D eigenvalue weighted by atomic mass is 9.97. The average molecular weight is 477 g/mol. The number of ether oxygens (including phenoxy) is 1. The summed E-state index contributed by atoms with van der Waals surface area (Å²) >= 11 is 7.73. The lowest BCUT2D eigenvalue weighted by Crippen LogP contribution is -2.41. The topological polar surface area (TPSA) is 74.8 Å². The molecule has 32 heavy (non-hydrogen) atoms. The van der Waals surface area contributed by atoms with E-state index in [1.54, 1.807) is 11.3 Å². The van der Waals surface area contributed by atoms with E-state index in [4.69, 9.17) is 16.3 Å². The van der Waals surface area contributed by atoms with Crippen LogP contribution in [-0.2, 0) is 16.0 Å². The number of hydrogen-bond donors (Lipinski definition) is 1. The molecule has 0 unspecified atom stereocenters. The fraction of sp³-hybridized carbons (Fsp3) is 0.522. The number of nitrogens with zero attached hydrogens (tertiary/aromatic N) is 3. The zero-order chi connectivity index (χ0) is 22.3. The number of carbonyl (C=O) groups is 2. The first kappa shape index (κ1) is 23.2. The van der Waals surface area contributed by atoms with Gasteiger partial charge in [-0.1, -0.05) is 29.8 Å². The van der Waals surface area contributed by atoms with Gasteiger partial charge >= 0.3 is 0 Å². The highest BCUT2D eigenvalue weighted by Gasteiger charge is 2.26. The third-order valence-electron chi connectivity index (χ3n) is 6.07. The van der Waals surface area contributed by atoms with E-state index in [9.17, 15) is 9.59 Å². The summed E-state index contributed by atoms with van der Waals surface area (Å²) in [5, 5.41) is 6.43. The highest BCUT2D eigenvalue weighted by atomic mass is 35.5. The lowest BCUT2D eigenvalue weighted by molar-refractivity contribution is -0.131. The number of carbonyl (C=O) groups excluding carboxylic acids is 2. The van der Waals surface area contributed by atoms with Crippen LogP contribution in [0.5, 0.6) is 0 Å². The van der Waals surface area contributed by atoms with Gasteiger partial charge in [-0.3, -0.25) is 14.5 Å².